The van der Waals surface area contributed by atoms with E-state index in [-0.39, 0.29) is 68.0 Å². The maximum Gasteiger partial charge on any atom is 0.408 e. The van der Waals surface area contributed by atoms with Gasteiger partial charge in [0.2, 0.25) is 11.9 Å². The first-order valence-electron chi connectivity index (χ1n) is 16.5. The highest BCUT2D eigenvalue weighted by molar-refractivity contribution is 5.91. The number of esters is 3. The highest BCUT2D eigenvalue weighted by atomic mass is 16.6. The van der Waals surface area contributed by atoms with Gasteiger partial charge < -0.3 is 29.0 Å². The molecule has 0 spiro atoms. The second-order valence-electron chi connectivity index (χ2n) is 12.0. The number of ether oxygens (including phenoxy) is 5. The molecule has 1 saturated heterocycles. The number of hydrogen-bond donors (Lipinski definition) is 3. The second kappa shape index (κ2) is 17.7. The van der Waals surface area contributed by atoms with Crippen molar-refractivity contribution < 1.29 is 47.7 Å². The SMILES string of the molecule is CC(C)C(=O)Nc1nc2c(ncn2[C@H]2C[C@@H](OC(=O)NCC(=O)OCc3ccccc3)[C@@H](COC(=O)CCC(=O)OCc3ccccc3)O2)c(=O)[nH]1. The summed E-state index contributed by atoms with van der Waals surface area (Å²) in [6, 6.07) is 18.1. The van der Waals surface area contributed by atoms with Crippen LogP contribution in [0.25, 0.3) is 11.2 Å². The number of fused-ring (bicyclic) bond motifs is 1. The first-order valence-corrected chi connectivity index (χ1v) is 16.5. The van der Waals surface area contributed by atoms with Gasteiger partial charge in [0.1, 0.15) is 44.8 Å². The lowest BCUT2D eigenvalue weighted by Crippen LogP contribution is -2.38. The number of benzene rings is 2. The smallest absolute Gasteiger partial charge is 0.408 e. The van der Waals surface area contributed by atoms with Gasteiger partial charge in [-0.25, -0.2) is 9.78 Å². The number of H-pyrrole nitrogens is 1. The van der Waals surface area contributed by atoms with Crippen molar-refractivity contribution in [3.05, 3.63) is 88.5 Å². The van der Waals surface area contributed by atoms with E-state index in [0.29, 0.717) is 0 Å². The minimum atomic E-state index is -1.02. The standard InChI is InChI=1S/C35H38N6O11/c1-21(2)32(45)39-34-38-31-30(33(46)40-34)37-20-41(31)26-15-24(52-35(47)36-16-29(44)49-18-23-11-7-4-8-12-23)25(51-26)19-50-28(43)14-13-27(42)48-17-22-9-5-3-6-10-22/h3-12,20-21,24-26H,13-19H2,1-2H3,(H,36,47)(H2,38,39,40,45,46)/t24-,25-,26-/m1/s1. The zero-order valence-electron chi connectivity index (χ0n) is 28.4. The molecule has 3 N–H and O–H groups in total. The molecule has 17 heteroatoms. The van der Waals surface area contributed by atoms with E-state index in [4.69, 9.17) is 23.7 Å². The highest BCUT2D eigenvalue weighted by Gasteiger charge is 2.41. The Morgan fingerprint density at radius 2 is 1.52 bits per heavy atom. The van der Waals surface area contributed by atoms with Crippen LogP contribution < -0.4 is 16.2 Å². The molecule has 2 aromatic heterocycles. The molecule has 0 saturated carbocycles. The Morgan fingerprint density at radius 1 is 0.904 bits per heavy atom. The fourth-order valence-corrected chi connectivity index (χ4v) is 4.98. The van der Waals surface area contributed by atoms with Gasteiger partial charge in [0.05, 0.1) is 19.2 Å². The van der Waals surface area contributed by atoms with E-state index in [1.54, 1.807) is 50.2 Å². The molecule has 1 aliphatic heterocycles. The fourth-order valence-electron chi connectivity index (χ4n) is 4.98. The Morgan fingerprint density at radius 3 is 2.15 bits per heavy atom. The van der Waals surface area contributed by atoms with Crippen LogP contribution in [0.2, 0.25) is 0 Å². The number of nitrogens with one attached hydrogen (secondary N) is 3. The molecule has 17 nitrogen and oxygen atoms in total. The zero-order valence-corrected chi connectivity index (χ0v) is 28.4. The number of alkyl carbamates (subject to hydrolysis) is 1. The maximum atomic E-state index is 12.8. The van der Waals surface area contributed by atoms with Crippen molar-refractivity contribution in [3.63, 3.8) is 0 Å². The van der Waals surface area contributed by atoms with E-state index in [0.717, 1.165) is 11.1 Å². The lowest BCUT2D eigenvalue weighted by Gasteiger charge is -2.19. The Balaban J connectivity index is 1.21. The Kier molecular flexibility index (Phi) is 12.7. The van der Waals surface area contributed by atoms with Crippen molar-refractivity contribution in [2.75, 3.05) is 18.5 Å². The maximum absolute atomic E-state index is 12.8. The number of rotatable bonds is 15. The monoisotopic (exact) mass is 718 g/mol. The molecule has 52 heavy (non-hydrogen) atoms. The van der Waals surface area contributed by atoms with Gasteiger partial charge in [-0.3, -0.25) is 38.8 Å². The number of aromatic nitrogens is 4. The Bertz CT molecular complexity index is 1930. The summed E-state index contributed by atoms with van der Waals surface area (Å²) in [5, 5.41) is 4.88. The first-order chi connectivity index (χ1) is 25.0. The number of anilines is 1. The molecular formula is C35H38N6O11. The third-order valence-electron chi connectivity index (χ3n) is 7.75. The predicted molar refractivity (Wildman–Crippen MR) is 181 cm³/mol. The molecule has 3 atom stereocenters. The van der Waals surface area contributed by atoms with Gasteiger partial charge >= 0.3 is 24.0 Å². The van der Waals surface area contributed by atoms with Crippen LogP contribution in [0.4, 0.5) is 10.7 Å². The van der Waals surface area contributed by atoms with E-state index in [1.165, 1.54) is 10.9 Å². The van der Waals surface area contributed by atoms with E-state index >= 15 is 0 Å². The molecule has 0 unspecified atom stereocenters. The van der Waals surface area contributed by atoms with Crippen LogP contribution in [-0.4, -0.2) is 74.8 Å². The van der Waals surface area contributed by atoms with Gasteiger partial charge in [0.15, 0.2) is 11.2 Å². The largest absolute Gasteiger partial charge is 0.463 e. The fraction of sp³-hybridized carbons (Fsp3) is 0.371. The highest BCUT2D eigenvalue weighted by Crippen LogP contribution is 2.33. The zero-order chi connectivity index (χ0) is 37.0. The number of carbonyl (C=O) groups is 5. The van der Waals surface area contributed by atoms with E-state index in [1.807, 2.05) is 24.3 Å². The van der Waals surface area contributed by atoms with Crippen molar-refractivity contribution in [1.29, 1.82) is 0 Å². The molecule has 2 amide bonds. The van der Waals surface area contributed by atoms with Crippen LogP contribution in [0.5, 0.6) is 0 Å². The van der Waals surface area contributed by atoms with Crippen LogP contribution in [0.1, 0.15) is 50.5 Å². The van der Waals surface area contributed by atoms with E-state index < -0.39 is 54.5 Å². The van der Waals surface area contributed by atoms with E-state index in [2.05, 4.69) is 25.6 Å². The summed E-state index contributed by atoms with van der Waals surface area (Å²) in [6.45, 7) is 2.58. The van der Waals surface area contributed by atoms with Gasteiger partial charge in [-0.2, -0.15) is 4.98 Å². The van der Waals surface area contributed by atoms with Crippen molar-refractivity contribution in [2.45, 2.75) is 64.8 Å². The van der Waals surface area contributed by atoms with Crippen molar-refractivity contribution >= 4 is 47.0 Å². The second-order valence-corrected chi connectivity index (χ2v) is 12.0. The average Bonchev–Trinajstić information content (AvgIpc) is 3.75. The molecule has 0 aliphatic carbocycles. The predicted octanol–water partition coefficient (Wildman–Crippen LogP) is 2.91. The number of imidazole rings is 1. The van der Waals surface area contributed by atoms with Crippen LogP contribution in [0.3, 0.4) is 0 Å². The topological polar surface area (TPSA) is 219 Å². The van der Waals surface area contributed by atoms with Crippen LogP contribution in [-0.2, 0) is 56.1 Å². The van der Waals surface area contributed by atoms with Gasteiger partial charge in [-0.1, -0.05) is 74.5 Å². The summed E-state index contributed by atoms with van der Waals surface area (Å²) in [5.74, 6) is -2.87. The van der Waals surface area contributed by atoms with Crippen molar-refractivity contribution in [2.24, 2.45) is 5.92 Å². The summed E-state index contributed by atoms with van der Waals surface area (Å²) in [5.41, 5.74) is 0.993. The molecule has 0 bridgehead atoms. The summed E-state index contributed by atoms with van der Waals surface area (Å²) in [6.07, 6.45) is -3.12. The molecule has 0 radical (unpaired) electrons. The Labute approximate surface area is 297 Å². The Hall–Kier alpha value is -6.10. The molecule has 4 aromatic rings. The van der Waals surface area contributed by atoms with Gasteiger partial charge in [-0.15, -0.1) is 0 Å². The van der Waals surface area contributed by atoms with Gasteiger partial charge in [-0.05, 0) is 11.1 Å². The number of amides is 2. The minimum Gasteiger partial charge on any atom is -0.463 e. The van der Waals surface area contributed by atoms with Crippen LogP contribution >= 0.6 is 0 Å². The number of nitrogens with zero attached hydrogens (tertiary/aromatic N) is 3. The molecule has 1 fully saturated rings. The van der Waals surface area contributed by atoms with Crippen LogP contribution in [0.15, 0.2) is 71.8 Å². The lowest BCUT2D eigenvalue weighted by molar-refractivity contribution is -0.154. The van der Waals surface area contributed by atoms with Crippen molar-refractivity contribution in [3.8, 4) is 0 Å². The molecular weight excluding hydrogens is 680 g/mol. The number of aromatic amines is 1. The summed E-state index contributed by atoms with van der Waals surface area (Å²) >= 11 is 0. The lowest BCUT2D eigenvalue weighted by atomic mass is 10.2. The molecule has 2 aromatic carbocycles. The summed E-state index contributed by atoms with van der Waals surface area (Å²) < 4.78 is 28.9. The third-order valence-corrected chi connectivity index (χ3v) is 7.75. The molecule has 1 aliphatic rings. The summed E-state index contributed by atoms with van der Waals surface area (Å²) in [7, 11) is 0. The molecule has 5 rings (SSSR count). The first kappa shape index (κ1) is 37.2. The average molecular weight is 719 g/mol. The van der Waals surface area contributed by atoms with Gasteiger partial charge in [0, 0.05) is 12.3 Å². The third kappa shape index (κ3) is 10.5. The normalized spacial score (nSPS) is 16.6. The number of carbonyl (C=O) groups excluding carboxylic acids is 5. The quantitative estimate of drug-likeness (QED) is 0.119. The molecule has 274 valence electrons. The van der Waals surface area contributed by atoms with Gasteiger partial charge in [0.25, 0.3) is 5.56 Å². The molecule has 3 heterocycles. The summed E-state index contributed by atoms with van der Waals surface area (Å²) in [4.78, 5) is 85.7. The van der Waals surface area contributed by atoms with Crippen molar-refractivity contribution in [1.82, 2.24) is 24.8 Å². The van der Waals surface area contributed by atoms with Crippen LogP contribution in [0, 0.1) is 5.92 Å². The number of hydrogen-bond acceptors (Lipinski definition) is 13. The van der Waals surface area contributed by atoms with E-state index in [9.17, 15) is 28.8 Å². The minimum absolute atomic E-state index is 0.00642.